The van der Waals surface area contributed by atoms with Gasteiger partial charge in [-0.2, -0.15) is 15.0 Å². The molecule has 0 saturated heterocycles. The van der Waals surface area contributed by atoms with Crippen molar-refractivity contribution in [2.75, 3.05) is 30.3 Å². The fourth-order valence-electron chi connectivity index (χ4n) is 2.16. The molecule has 6 nitrogen and oxygen atoms in total. The lowest BCUT2D eigenvalue weighted by Gasteiger charge is -2.19. The summed E-state index contributed by atoms with van der Waals surface area (Å²) in [6, 6.07) is 0.333. The summed E-state index contributed by atoms with van der Waals surface area (Å²) in [5.41, 5.74) is 5.76. The van der Waals surface area contributed by atoms with E-state index in [4.69, 9.17) is 10.5 Å². The van der Waals surface area contributed by atoms with Crippen molar-refractivity contribution < 1.29 is 4.74 Å². The van der Waals surface area contributed by atoms with E-state index in [1.54, 1.807) is 0 Å². The van der Waals surface area contributed by atoms with Crippen molar-refractivity contribution in [1.29, 1.82) is 0 Å². The molecule has 21 heavy (non-hydrogen) atoms. The third-order valence-electron chi connectivity index (χ3n) is 3.66. The molecule has 0 spiro atoms. The van der Waals surface area contributed by atoms with Crippen molar-refractivity contribution in [3.8, 4) is 6.01 Å². The SMILES string of the molecule is CCCCC(CC)COc1nc(N)nc(N(CC)CC)n1. The summed E-state index contributed by atoms with van der Waals surface area (Å²) >= 11 is 0. The van der Waals surface area contributed by atoms with Crippen LogP contribution in [0.4, 0.5) is 11.9 Å². The molecule has 0 aliphatic rings. The molecule has 1 aromatic rings. The minimum atomic E-state index is 0.212. The molecule has 1 rings (SSSR count). The summed E-state index contributed by atoms with van der Waals surface area (Å²) < 4.78 is 5.75. The van der Waals surface area contributed by atoms with Gasteiger partial charge in [-0.1, -0.05) is 33.1 Å². The first kappa shape index (κ1) is 17.5. The summed E-state index contributed by atoms with van der Waals surface area (Å²) in [7, 11) is 0. The molecular formula is C15H29N5O. The Kier molecular flexibility index (Phi) is 7.79. The Morgan fingerprint density at radius 1 is 1.10 bits per heavy atom. The van der Waals surface area contributed by atoms with Crippen molar-refractivity contribution in [3.63, 3.8) is 0 Å². The predicted molar refractivity (Wildman–Crippen MR) is 86.6 cm³/mol. The Morgan fingerprint density at radius 3 is 2.38 bits per heavy atom. The van der Waals surface area contributed by atoms with Crippen molar-refractivity contribution in [2.24, 2.45) is 5.92 Å². The van der Waals surface area contributed by atoms with Gasteiger partial charge in [0.1, 0.15) is 0 Å². The van der Waals surface area contributed by atoms with Gasteiger partial charge in [-0.3, -0.25) is 0 Å². The second-order valence-corrected chi connectivity index (χ2v) is 5.18. The van der Waals surface area contributed by atoms with Crippen LogP contribution in [0.25, 0.3) is 0 Å². The van der Waals surface area contributed by atoms with E-state index in [9.17, 15) is 0 Å². The topological polar surface area (TPSA) is 77.2 Å². The number of nitrogens with two attached hydrogens (primary N) is 1. The lowest BCUT2D eigenvalue weighted by molar-refractivity contribution is 0.217. The summed E-state index contributed by atoms with van der Waals surface area (Å²) in [5.74, 6) is 1.34. The van der Waals surface area contributed by atoms with Crippen molar-refractivity contribution in [1.82, 2.24) is 15.0 Å². The van der Waals surface area contributed by atoms with Gasteiger partial charge >= 0.3 is 6.01 Å². The van der Waals surface area contributed by atoms with Crippen LogP contribution in [0.3, 0.4) is 0 Å². The van der Waals surface area contributed by atoms with E-state index < -0.39 is 0 Å². The van der Waals surface area contributed by atoms with E-state index in [2.05, 4.69) is 42.6 Å². The van der Waals surface area contributed by atoms with Crippen LogP contribution in [0.1, 0.15) is 53.4 Å². The molecular weight excluding hydrogens is 266 g/mol. The first-order valence-corrected chi connectivity index (χ1v) is 8.03. The Morgan fingerprint density at radius 2 is 1.81 bits per heavy atom. The first-order chi connectivity index (χ1) is 10.1. The van der Waals surface area contributed by atoms with E-state index >= 15 is 0 Å². The predicted octanol–water partition coefficient (Wildman–Crippen LogP) is 2.90. The Hall–Kier alpha value is -1.59. The number of nitrogen functional groups attached to an aromatic ring is 1. The molecule has 0 amide bonds. The number of unbranched alkanes of at least 4 members (excludes halogenated alkanes) is 1. The highest BCUT2D eigenvalue weighted by Gasteiger charge is 2.12. The summed E-state index contributed by atoms with van der Waals surface area (Å²) in [6.45, 7) is 10.8. The fraction of sp³-hybridized carbons (Fsp3) is 0.800. The molecule has 120 valence electrons. The van der Waals surface area contributed by atoms with Gasteiger partial charge in [-0.15, -0.1) is 0 Å². The Labute approximate surface area is 128 Å². The molecule has 0 aliphatic carbocycles. The Bertz CT molecular complexity index is 409. The maximum absolute atomic E-state index is 5.76. The van der Waals surface area contributed by atoms with Gasteiger partial charge < -0.3 is 15.4 Å². The summed E-state index contributed by atoms with van der Waals surface area (Å²) in [6.07, 6.45) is 4.72. The van der Waals surface area contributed by atoms with Crippen LogP contribution in [-0.2, 0) is 0 Å². The minimum Gasteiger partial charge on any atom is -0.463 e. The highest BCUT2D eigenvalue weighted by Crippen LogP contribution is 2.17. The van der Waals surface area contributed by atoms with E-state index in [1.807, 2.05) is 4.90 Å². The zero-order valence-electron chi connectivity index (χ0n) is 13.8. The van der Waals surface area contributed by atoms with E-state index in [-0.39, 0.29) is 5.95 Å². The lowest BCUT2D eigenvalue weighted by Crippen LogP contribution is -2.25. The van der Waals surface area contributed by atoms with Crippen LogP contribution in [0, 0.1) is 5.92 Å². The minimum absolute atomic E-state index is 0.212. The second kappa shape index (κ2) is 9.37. The van der Waals surface area contributed by atoms with Crippen molar-refractivity contribution >= 4 is 11.9 Å². The largest absolute Gasteiger partial charge is 0.463 e. The van der Waals surface area contributed by atoms with Gasteiger partial charge in [0.2, 0.25) is 11.9 Å². The highest BCUT2D eigenvalue weighted by molar-refractivity contribution is 5.35. The Balaban J connectivity index is 2.70. The average molecular weight is 295 g/mol. The number of rotatable bonds is 10. The number of hydrogen-bond acceptors (Lipinski definition) is 6. The third kappa shape index (κ3) is 5.73. The van der Waals surface area contributed by atoms with Gasteiger partial charge in [-0.05, 0) is 26.2 Å². The van der Waals surface area contributed by atoms with Crippen LogP contribution in [-0.4, -0.2) is 34.6 Å². The average Bonchev–Trinajstić information content (AvgIpc) is 2.48. The van der Waals surface area contributed by atoms with Gasteiger partial charge in [0.25, 0.3) is 0 Å². The van der Waals surface area contributed by atoms with Gasteiger partial charge in [0.15, 0.2) is 0 Å². The molecule has 0 bridgehead atoms. The van der Waals surface area contributed by atoms with Crippen molar-refractivity contribution in [3.05, 3.63) is 0 Å². The van der Waals surface area contributed by atoms with Gasteiger partial charge in [0.05, 0.1) is 6.61 Å². The molecule has 1 atom stereocenters. The molecule has 0 aliphatic heterocycles. The third-order valence-corrected chi connectivity index (χ3v) is 3.66. The molecule has 1 aromatic heterocycles. The monoisotopic (exact) mass is 295 g/mol. The van der Waals surface area contributed by atoms with Crippen molar-refractivity contribution in [2.45, 2.75) is 53.4 Å². The van der Waals surface area contributed by atoms with E-state index in [0.29, 0.717) is 24.5 Å². The molecule has 1 unspecified atom stereocenters. The van der Waals surface area contributed by atoms with Crippen LogP contribution in [0.2, 0.25) is 0 Å². The smallest absolute Gasteiger partial charge is 0.323 e. The highest BCUT2D eigenvalue weighted by atomic mass is 16.5. The molecule has 0 saturated carbocycles. The number of hydrogen-bond donors (Lipinski definition) is 1. The van der Waals surface area contributed by atoms with E-state index in [0.717, 1.165) is 19.5 Å². The number of anilines is 2. The van der Waals surface area contributed by atoms with Gasteiger partial charge in [0, 0.05) is 13.1 Å². The van der Waals surface area contributed by atoms with Gasteiger partial charge in [-0.25, -0.2) is 0 Å². The van der Waals surface area contributed by atoms with Crippen LogP contribution < -0.4 is 15.4 Å². The van der Waals surface area contributed by atoms with Crippen LogP contribution in [0.15, 0.2) is 0 Å². The lowest BCUT2D eigenvalue weighted by atomic mass is 10.0. The maximum atomic E-state index is 5.76. The maximum Gasteiger partial charge on any atom is 0.323 e. The van der Waals surface area contributed by atoms with Crippen LogP contribution >= 0.6 is 0 Å². The quantitative estimate of drug-likeness (QED) is 0.715. The molecule has 0 fully saturated rings. The zero-order valence-corrected chi connectivity index (χ0v) is 13.8. The zero-order chi connectivity index (χ0) is 15.7. The first-order valence-electron chi connectivity index (χ1n) is 8.03. The number of ether oxygens (including phenoxy) is 1. The molecule has 1 heterocycles. The standard InChI is InChI=1S/C15H29N5O/c1-5-9-10-12(6-2)11-21-15-18-13(16)17-14(19-15)20(7-3)8-4/h12H,5-11H2,1-4H3,(H2,16,17,18,19). The fourth-order valence-corrected chi connectivity index (χ4v) is 2.16. The molecule has 0 radical (unpaired) electrons. The second-order valence-electron chi connectivity index (χ2n) is 5.18. The molecule has 0 aromatic carbocycles. The normalized spacial score (nSPS) is 12.2. The molecule has 2 N–H and O–H groups in total. The summed E-state index contributed by atoms with van der Waals surface area (Å²) in [4.78, 5) is 14.6. The van der Waals surface area contributed by atoms with E-state index in [1.165, 1.54) is 19.3 Å². The summed E-state index contributed by atoms with van der Waals surface area (Å²) in [5, 5.41) is 0. The molecule has 6 heteroatoms. The van der Waals surface area contributed by atoms with Crippen LogP contribution in [0.5, 0.6) is 6.01 Å². The number of nitrogens with zero attached hydrogens (tertiary/aromatic N) is 4. The number of aromatic nitrogens is 3.